The van der Waals surface area contributed by atoms with Crippen molar-refractivity contribution in [3.05, 3.63) is 28.8 Å². The number of nitrogens with one attached hydrogen (secondary N) is 1. The highest BCUT2D eigenvalue weighted by molar-refractivity contribution is 5.51. The number of nitrogens with zero attached hydrogens (tertiary/aromatic N) is 4. The first-order chi connectivity index (χ1) is 10.1. The summed E-state index contributed by atoms with van der Waals surface area (Å²) in [5.41, 5.74) is 5.81. The van der Waals surface area contributed by atoms with Crippen molar-refractivity contribution in [2.24, 2.45) is 5.84 Å². The molecule has 0 radical (unpaired) electrons. The summed E-state index contributed by atoms with van der Waals surface area (Å²) >= 11 is 0. The average molecular weight is 288 g/mol. The van der Waals surface area contributed by atoms with E-state index < -0.39 is 0 Å². The molecule has 0 unspecified atom stereocenters. The quantitative estimate of drug-likeness (QED) is 0.630. The second-order valence-corrected chi connectivity index (χ2v) is 5.08. The van der Waals surface area contributed by atoms with E-state index in [0.29, 0.717) is 5.82 Å². The molecule has 0 aliphatic rings. The fourth-order valence-electron chi connectivity index (χ4n) is 2.32. The minimum absolute atomic E-state index is 0.666. The van der Waals surface area contributed by atoms with E-state index in [0.717, 1.165) is 54.3 Å². The summed E-state index contributed by atoms with van der Waals surface area (Å²) in [6, 6.07) is 2.14. The normalized spacial score (nSPS) is 10.9. The van der Waals surface area contributed by atoms with E-state index in [1.807, 2.05) is 11.6 Å². The van der Waals surface area contributed by atoms with Gasteiger partial charge in [-0.15, -0.1) is 0 Å². The first-order valence-electron chi connectivity index (χ1n) is 7.56. The highest BCUT2D eigenvalue weighted by Crippen LogP contribution is 2.21. The molecule has 0 spiro atoms. The zero-order valence-corrected chi connectivity index (χ0v) is 13.3. The molecular formula is C15H24N6. The van der Waals surface area contributed by atoms with Gasteiger partial charge in [0.25, 0.3) is 0 Å². The summed E-state index contributed by atoms with van der Waals surface area (Å²) in [4.78, 5) is 9.15. The molecule has 6 nitrogen and oxygen atoms in total. The van der Waals surface area contributed by atoms with Crippen molar-refractivity contribution in [3.63, 3.8) is 0 Å². The third-order valence-electron chi connectivity index (χ3n) is 3.54. The van der Waals surface area contributed by atoms with E-state index in [4.69, 9.17) is 10.8 Å². The Kier molecular flexibility index (Phi) is 4.90. The lowest BCUT2D eigenvalue weighted by Gasteiger charge is -2.13. The van der Waals surface area contributed by atoms with E-state index in [2.05, 4.69) is 42.3 Å². The smallest absolute Gasteiger partial charge is 0.162 e. The number of nitrogens with two attached hydrogens (primary N) is 1. The minimum Gasteiger partial charge on any atom is -0.308 e. The van der Waals surface area contributed by atoms with E-state index in [9.17, 15) is 0 Å². The number of rotatable bonds is 6. The second-order valence-electron chi connectivity index (χ2n) is 5.08. The molecule has 2 aromatic heterocycles. The molecule has 0 fully saturated rings. The van der Waals surface area contributed by atoms with Gasteiger partial charge >= 0.3 is 0 Å². The van der Waals surface area contributed by atoms with Gasteiger partial charge in [0.05, 0.1) is 5.69 Å². The Bertz CT molecular complexity index is 617. The largest absolute Gasteiger partial charge is 0.308 e. The molecule has 2 heterocycles. The van der Waals surface area contributed by atoms with Crippen LogP contribution in [0.25, 0.3) is 5.82 Å². The van der Waals surface area contributed by atoms with Gasteiger partial charge in [0.2, 0.25) is 0 Å². The first-order valence-corrected chi connectivity index (χ1v) is 7.56. The predicted molar refractivity (Wildman–Crippen MR) is 84.5 cm³/mol. The second kappa shape index (κ2) is 6.67. The van der Waals surface area contributed by atoms with Crippen LogP contribution in [0, 0.1) is 6.92 Å². The first kappa shape index (κ1) is 15.4. The number of nitrogen functional groups attached to an aromatic ring is 1. The third-order valence-corrected chi connectivity index (χ3v) is 3.54. The van der Waals surface area contributed by atoms with Crippen molar-refractivity contribution in [3.8, 4) is 5.82 Å². The van der Waals surface area contributed by atoms with Gasteiger partial charge in [0, 0.05) is 17.7 Å². The Morgan fingerprint density at radius 2 is 1.95 bits per heavy atom. The lowest BCUT2D eigenvalue weighted by molar-refractivity contribution is 0.740. The topological polar surface area (TPSA) is 81.6 Å². The SMILES string of the molecule is CCCc1nc(NN)c(C)c(-n2nc(CC)cc2CC)n1. The van der Waals surface area contributed by atoms with Crippen LogP contribution in [-0.2, 0) is 19.3 Å². The number of hydrogen-bond donors (Lipinski definition) is 2. The molecule has 0 aromatic carbocycles. The molecule has 0 bridgehead atoms. The minimum atomic E-state index is 0.666. The number of anilines is 1. The summed E-state index contributed by atoms with van der Waals surface area (Å²) in [6.07, 6.45) is 3.64. The number of aromatic nitrogens is 4. The Morgan fingerprint density at radius 3 is 2.52 bits per heavy atom. The number of hydrogen-bond acceptors (Lipinski definition) is 5. The van der Waals surface area contributed by atoms with Crippen molar-refractivity contribution < 1.29 is 0 Å². The van der Waals surface area contributed by atoms with Crippen LogP contribution in [-0.4, -0.2) is 19.7 Å². The van der Waals surface area contributed by atoms with Gasteiger partial charge in [0.15, 0.2) is 5.82 Å². The van der Waals surface area contributed by atoms with Crippen LogP contribution in [0.2, 0.25) is 0 Å². The molecule has 0 aliphatic carbocycles. The van der Waals surface area contributed by atoms with E-state index in [1.54, 1.807) is 0 Å². The molecule has 2 aromatic rings. The Morgan fingerprint density at radius 1 is 1.19 bits per heavy atom. The lowest BCUT2D eigenvalue weighted by atomic mass is 10.2. The van der Waals surface area contributed by atoms with Crippen molar-refractivity contribution in [1.82, 2.24) is 19.7 Å². The van der Waals surface area contributed by atoms with Crippen LogP contribution in [0.4, 0.5) is 5.82 Å². The molecule has 6 heteroatoms. The van der Waals surface area contributed by atoms with Gasteiger partial charge in [-0.25, -0.2) is 20.5 Å². The van der Waals surface area contributed by atoms with Gasteiger partial charge < -0.3 is 5.43 Å². The van der Waals surface area contributed by atoms with Gasteiger partial charge in [0.1, 0.15) is 11.6 Å². The predicted octanol–water partition coefficient (Wildman–Crippen LogP) is 2.33. The average Bonchev–Trinajstić information content (AvgIpc) is 2.92. The van der Waals surface area contributed by atoms with Gasteiger partial charge in [-0.2, -0.15) is 5.10 Å². The van der Waals surface area contributed by atoms with Crippen molar-refractivity contribution in [1.29, 1.82) is 0 Å². The fraction of sp³-hybridized carbons (Fsp3) is 0.533. The van der Waals surface area contributed by atoms with Crippen LogP contribution in [0.3, 0.4) is 0 Å². The van der Waals surface area contributed by atoms with Crippen LogP contribution in [0.1, 0.15) is 50.0 Å². The molecule has 0 atom stereocenters. The molecule has 0 aliphatic heterocycles. The molecule has 0 saturated heterocycles. The Labute approximate surface area is 125 Å². The molecule has 0 saturated carbocycles. The van der Waals surface area contributed by atoms with Crippen LogP contribution >= 0.6 is 0 Å². The maximum atomic E-state index is 5.59. The van der Waals surface area contributed by atoms with E-state index in [-0.39, 0.29) is 0 Å². The molecule has 21 heavy (non-hydrogen) atoms. The van der Waals surface area contributed by atoms with E-state index in [1.165, 1.54) is 0 Å². The summed E-state index contributed by atoms with van der Waals surface area (Å²) in [5.74, 6) is 7.87. The molecule has 3 N–H and O–H groups in total. The number of hydrazine groups is 1. The lowest BCUT2D eigenvalue weighted by Crippen LogP contribution is -2.16. The standard InChI is InChI=1S/C15H24N6/c1-5-8-13-17-14(19-16)10(4)15(18-13)21-12(7-3)9-11(6-2)20-21/h9H,5-8,16H2,1-4H3,(H,17,18,19). The van der Waals surface area contributed by atoms with Crippen molar-refractivity contribution >= 4 is 5.82 Å². The monoisotopic (exact) mass is 288 g/mol. The summed E-state index contributed by atoms with van der Waals surface area (Å²) in [7, 11) is 0. The van der Waals surface area contributed by atoms with Crippen LogP contribution in [0.5, 0.6) is 0 Å². The van der Waals surface area contributed by atoms with Gasteiger partial charge in [-0.3, -0.25) is 0 Å². The zero-order chi connectivity index (χ0) is 15.4. The summed E-state index contributed by atoms with van der Waals surface area (Å²) in [5, 5.41) is 4.67. The van der Waals surface area contributed by atoms with Crippen molar-refractivity contribution in [2.75, 3.05) is 5.43 Å². The third kappa shape index (κ3) is 3.05. The maximum absolute atomic E-state index is 5.59. The highest BCUT2D eigenvalue weighted by atomic mass is 15.3. The molecule has 114 valence electrons. The summed E-state index contributed by atoms with van der Waals surface area (Å²) in [6.45, 7) is 8.30. The molecule has 0 amide bonds. The Balaban J connectivity index is 2.61. The fourth-order valence-corrected chi connectivity index (χ4v) is 2.32. The maximum Gasteiger partial charge on any atom is 0.162 e. The zero-order valence-electron chi connectivity index (χ0n) is 13.3. The van der Waals surface area contributed by atoms with Gasteiger partial charge in [-0.05, 0) is 32.3 Å². The van der Waals surface area contributed by atoms with Crippen LogP contribution < -0.4 is 11.3 Å². The number of aryl methyl sites for hydroxylation is 3. The highest BCUT2D eigenvalue weighted by Gasteiger charge is 2.15. The Hall–Kier alpha value is -1.95. The van der Waals surface area contributed by atoms with Gasteiger partial charge in [-0.1, -0.05) is 20.8 Å². The van der Waals surface area contributed by atoms with Crippen LogP contribution in [0.15, 0.2) is 6.07 Å². The van der Waals surface area contributed by atoms with E-state index >= 15 is 0 Å². The molecular weight excluding hydrogens is 264 g/mol. The summed E-state index contributed by atoms with van der Waals surface area (Å²) < 4.78 is 1.93. The van der Waals surface area contributed by atoms with Crippen molar-refractivity contribution in [2.45, 2.75) is 53.4 Å². The molecule has 2 rings (SSSR count).